The number of nitrogens with zero attached hydrogens (tertiary/aromatic N) is 1. The first-order chi connectivity index (χ1) is 6.62. The standard InChI is InChI=1S/C11H21NOS/c1-11(2,10-12)6-4-5-8-14-9-7-13-3/h4-9H2,1-3H3. The van der Waals surface area contributed by atoms with Crippen molar-refractivity contribution >= 4 is 11.8 Å². The zero-order valence-electron chi connectivity index (χ0n) is 9.51. The molecule has 0 aliphatic heterocycles. The van der Waals surface area contributed by atoms with Crippen molar-refractivity contribution in [1.29, 1.82) is 5.26 Å². The average Bonchev–Trinajstić information content (AvgIpc) is 2.16. The Kier molecular flexibility index (Phi) is 8.02. The lowest BCUT2D eigenvalue weighted by molar-refractivity contribution is 0.218. The highest BCUT2D eigenvalue weighted by Gasteiger charge is 2.14. The third kappa shape index (κ3) is 8.40. The first kappa shape index (κ1) is 13.8. The molecule has 0 atom stereocenters. The van der Waals surface area contributed by atoms with E-state index in [-0.39, 0.29) is 5.41 Å². The van der Waals surface area contributed by atoms with Gasteiger partial charge in [0.2, 0.25) is 0 Å². The van der Waals surface area contributed by atoms with Crippen LogP contribution in [0.2, 0.25) is 0 Å². The summed E-state index contributed by atoms with van der Waals surface area (Å²) < 4.78 is 4.96. The third-order valence-corrected chi connectivity index (χ3v) is 3.11. The molecule has 0 fully saturated rings. The minimum absolute atomic E-state index is 0.142. The molecule has 3 heteroatoms. The van der Waals surface area contributed by atoms with E-state index in [4.69, 9.17) is 10.00 Å². The summed E-state index contributed by atoms with van der Waals surface area (Å²) in [6.07, 6.45) is 3.37. The van der Waals surface area contributed by atoms with Gasteiger partial charge in [-0.05, 0) is 32.4 Å². The van der Waals surface area contributed by atoms with Gasteiger partial charge in [-0.1, -0.05) is 6.42 Å². The summed E-state index contributed by atoms with van der Waals surface area (Å²) in [6.45, 7) is 4.85. The lowest BCUT2D eigenvalue weighted by Gasteiger charge is -2.13. The Morgan fingerprint density at radius 1 is 1.29 bits per heavy atom. The van der Waals surface area contributed by atoms with Gasteiger partial charge in [0, 0.05) is 12.9 Å². The first-order valence-electron chi connectivity index (χ1n) is 5.10. The van der Waals surface area contributed by atoms with Crippen molar-refractivity contribution < 1.29 is 4.74 Å². The van der Waals surface area contributed by atoms with Gasteiger partial charge in [0.05, 0.1) is 18.1 Å². The van der Waals surface area contributed by atoms with Crippen molar-refractivity contribution in [3.63, 3.8) is 0 Å². The van der Waals surface area contributed by atoms with Gasteiger partial charge in [-0.3, -0.25) is 0 Å². The molecule has 0 N–H and O–H groups in total. The topological polar surface area (TPSA) is 33.0 Å². The maximum absolute atomic E-state index is 8.79. The molecule has 82 valence electrons. The fourth-order valence-electron chi connectivity index (χ4n) is 1.07. The molecule has 2 nitrogen and oxygen atoms in total. The summed E-state index contributed by atoms with van der Waals surface area (Å²) >= 11 is 1.93. The van der Waals surface area contributed by atoms with Gasteiger partial charge in [0.15, 0.2) is 0 Å². The summed E-state index contributed by atoms with van der Waals surface area (Å²) in [5.41, 5.74) is -0.142. The number of unbranched alkanes of at least 4 members (excludes halogenated alkanes) is 1. The number of hydrogen-bond acceptors (Lipinski definition) is 3. The molecule has 0 amide bonds. The molecule has 0 rings (SSSR count). The summed E-state index contributed by atoms with van der Waals surface area (Å²) in [5, 5.41) is 8.79. The molecule has 0 heterocycles. The summed E-state index contributed by atoms with van der Waals surface area (Å²) in [6, 6.07) is 2.33. The van der Waals surface area contributed by atoms with E-state index in [9.17, 15) is 0 Å². The van der Waals surface area contributed by atoms with Gasteiger partial charge < -0.3 is 4.74 Å². The van der Waals surface area contributed by atoms with Gasteiger partial charge in [-0.15, -0.1) is 0 Å². The Balaban J connectivity index is 3.18. The van der Waals surface area contributed by atoms with Gasteiger partial charge in [0.25, 0.3) is 0 Å². The van der Waals surface area contributed by atoms with Crippen molar-refractivity contribution in [2.45, 2.75) is 33.1 Å². The molecule has 0 saturated carbocycles. The van der Waals surface area contributed by atoms with Gasteiger partial charge >= 0.3 is 0 Å². The number of nitriles is 1. The quantitative estimate of drug-likeness (QED) is 0.583. The van der Waals surface area contributed by atoms with Crippen molar-refractivity contribution in [2.24, 2.45) is 5.41 Å². The molecule has 0 aliphatic carbocycles. The van der Waals surface area contributed by atoms with E-state index in [0.717, 1.165) is 25.2 Å². The van der Waals surface area contributed by atoms with E-state index in [2.05, 4.69) is 6.07 Å². The Labute approximate surface area is 92.0 Å². The van der Waals surface area contributed by atoms with Crippen LogP contribution < -0.4 is 0 Å². The van der Waals surface area contributed by atoms with E-state index in [1.54, 1.807) is 7.11 Å². The highest BCUT2D eigenvalue weighted by molar-refractivity contribution is 7.99. The molecule has 0 aromatic rings. The minimum Gasteiger partial charge on any atom is -0.384 e. The smallest absolute Gasteiger partial charge is 0.0683 e. The van der Waals surface area contributed by atoms with Gasteiger partial charge in [-0.25, -0.2) is 0 Å². The van der Waals surface area contributed by atoms with Crippen LogP contribution in [0.4, 0.5) is 0 Å². The molecular weight excluding hydrogens is 194 g/mol. The lowest BCUT2D eigenvalue weighted by Crippen LogP contribution is -2.07. The second-order valence-electron chi connectivity index (χ2n) is 4.06. The molecule has 14 heavy (non-hydrogen) atoms. The predicted octanol–water partition coefficient (Wildman–Crippen LogP) is 3.09. The molecule has 0 aromatic carbocycles. The van der Waals surface area contributed by atoms with E-state index < -0.39 is 0 Å². The van der Waals surface area contributed by atoms with E-state index in [1.807, 2.05) is 25.6 Å². The molecule has 0 aromatic heterocycles. The van der Waals surface area contributed by atoms with Crippen molar-refractivity contribution in [2.75, 3.05) is 25.2 Å². The Bertz CT molecular complexity index is 175. The SMILES string of the molecule is COCCSCCCCC(C)(C)C#N. The van der Waals surface area contributed by atoms with Crippen LogP contribution in [0.5, 0.6) is 0 Å². The zero-order valence-corrected chi connectivity index (χ0v) is 10.3. The van der Waals surface area contributed by atoms with Gasteiger partial charge in [-0.2, -0.15) is 17.0 Å². The highest BCUT2D eigenvalue weighted by Crippen LogP contribution is 2.22. The van der Waals surface area contributed by atoms with Crippen molar-refractivity contribution in [3.05, 3.63) is 0 Å². The normalized spacial score (nSPS) is 11.3. The number of thioether (sulfide) groups is 1. The zero-order chi connectivity index (χ0) is 10.9. The average molecular weight is 215 g/mol. The molecule has 0 aliphatic rings. The molecular formula is C11H21NOS. The third-order valence-electron chi connectivity index (χ3n) is 2.07. The number of ether oxygens (including phenoxy) is 1. The molecule has 0 unspecified atom stereocenters. The number of hydrogen-bond donors (Lipinski definition) is 0. The van der Waals surface area contributed by atoms with Crippen LogP contribution in [0, 0.1) is 16.7 Å². The molecule has 0 bridgehead atoms. The maximum atomic E-state index is 8.79. The van der Waals surface area contributed by atoms with E-state index in [0.29, 0.717) is 0 Å². The van der Waals surface area contributed by atoms with Crippen LogP contribution in [0.1, 0.15) is 33.1 Å². The van der Waals surface area contributed by atoms with E-state index in [1.165, 1.54) is 12.2 Å². The van der Waals surface area contributed by atoms with Crippen LogP contribution >= 0.6 is 11.8 Å². The molecule has 0 saturated heterocycles. The summed E-state index contributed by atoms with van der Waals surface area (Å²) in [5.74, 6) is 2.27. The second-order valence-corrected chi connectivity index (χ2v) is 5.28. The highest BCUT2D eigenvalue weighted by atomic mass is 32.2. The van der Waals surface area contributed by atoms with Gasteiger partial charge in [0.1, 0.15) is 0 Å². The van der Waals surface area contributed by atoms with Crippen LogP contribution in [0.3, 0.4) is 0 Å². The number of rotatable bonds is 8. The fraction of sp³-hybridized carbons (Fsp3) is 0.909. The summed E-state index contributed by atoms with van der Waals surface area (Å²) in [7, 11) is 1.73. The maximum Gasteiger partial charge on any atom is 0.0683 e. The molecule has 0 radical (unpaired) electrons. The van der Waals surface area contributed by atoms with Crippen molar-refractivity contribution in [1.82, 2.24) is 0 Å². The van der Waals surface area contributed by atoms with Crippen LogP contribution in [0.15, 0.2) is 0 Å². The Morgan fingerprint density at radius 3 is 2.57 bits per heavy atom. The van der Waals surface area contributed by atoms with Crippen LogP contribution in [-0.4, -0.2) is 25.2 Å². The van der Waals surface area contributed by atoms with E-state index >= 15 is 0 Å². The largest absolute Gasteiger partial charge is 0.384 e. The minimum atomic E-state index is -0.142. The number of methoxy groups -OCH3 is 1. The fourth-order valence-corrected chi connectivity index (χ4v) is 1.97. The van der Waals surface area contributed by atoms with Crippen LogP contribution in [0.25, 0.3) is 0 Å². The first-order valence-corrected chi connectivity index (χ1v) is 6.26. The summed E-state index contributed by atoms with van der Waals surface area (Å²) in [4.78, 5) is 0. The lowest BCUT2D eigenvalue weighted by atomic mass is 9.89. The second kappa shape index (κ2) is 8.14. The Hall–Kier alpha value is -0.200. The molecule has 0 spiro atoms. The monoisotopic (exact) mass is 215 g/mol. The predicted molar refractivity (Wildman–Crippen MR) is 62.4 cm³/mol. The van der Waals surface area contributed by atoms with Crippen molar-refractivity contribution in [3.8, 4) is 6.07 Å². The van der Waals surface area contributed by atoms with Crippen LogP contribution in [-0.2, 0) is 4.74 Å². The Morgan fingerprint density at radius 2 is 2.00 bits per heavy atom.